The molecule has 0 unspecified atom stereocenters. The molecule has 3 rings (SSSR count). The molecule has 1 aromatic carbocycles. The second-order valence-electron chi connectivity index (χ2n) is 4.48. The molecule has 0 spiro atoms. The molecule has 0 atom stereocenters. The standard InChI is InChI=1S/C12H9ClF3N3O/c13-11-18-17-10(7-1-2-7)19(11)8-3-5-9(6-4-8)20-12(14,15)16/h3-7H,1-2H2. The maximum atomic E-state index is 12.1. The van der Waals surface area contributed by atoms with Gasteiger partial charge in [-0.05, 0) is 48.7 Å². The molecule has 8 heteroatoms. The number of rotatable bonds is 3. The van der Waals surface area contributed by atoms with Crippen LogP contribution in [0.1, 0.15) is 24.6 Å². The zero-order chi connectivity index (χ0) is 14.3. The van der Waals surface area contributed by atoms with Gasteiger partial charge >= 0.3 is 6.36 Å². The lowest BCUT2D eigenvalue weighted by molar-refractivity contribution is -0.274. The molecule has 4 nitrogen and oxygen atoms in total. The van der Waals surface area contributed by atoms with Crippen molar-refractivity contribution in [3.05, 3.63) is 35.4 Å². The molecule has 0 N–H and O–H groups in total. The molecule has 20 heavy (non-hydrogen) atoms. The lowest BCUT2D eigenvalue weighted by Gasteiger charge is -2.10. The highest BCUT2D eigenvalue weighted by atomic mass is 35.5. The van der Waals surface area contributed by atoms with Gasteiger partial charge in [-0.2, -0.15) is 0 Å². The molecule has 1 aliphatic carbocycles. The highest BCUT2D eigenvalue weighted by molar-refractivity contribution is 6.28. The third kappa shape index (κ3) is 2.72. The quantitative estimate of drug-likeness (QED) is 0.868. The van der Waals surface area contributed by atoms with E-state index in [0.717, 1.165) is 18.7 Å². The summed E-state index contributed by atoms with van der Waals surface area (Å²) in [6.07, 6.45) is -2.66. The van der Waals surface area contributed by atoms with Crippen LogP contribution in [0.5, 0.6) is 5.75 Å². The molecule has 1 fully saturated rings. The molecule has 2 aromatic rings. The Kier molecular flexibility index (Phi) is 3.08. The summed E-state index contributed by atoms with van der Waals surface area (Å²) in [4.78, 5) is 0. The molecule has 0 bridgehead atoms. The summed E-state index contributed by atoms with van der Waals surface area (Å²) in [5.41, 5.74) is 0.608. The molecule has 0 radical (unpaired) electrons. The van der Waals surface area contributed by atoms with Crippen LogP contribution in [-0.2, 0) is 0 Å². The number of hydrogen-bond acceptors (Lipinski definition) is 3. The highest BCUT2D eigenvalue weighted by Gasteiger charge is 2.32. The Morgan fingerprint density at radius 1 is 1.15 bits per heavy atom. The smallest absolute Gasteiger partial charge is 0.406 e. The van der Waals surface area contributed by atoms with Crippen LogP contribution in [0.2, 0.25) is 5.28 Å². The van der Waals surface area contributed by atoms with Crippen LogP contribution in [0, 0.1) is 0 Å². The number of nitrogens with zero attached hydrogens (tertiary/aromatic N) is 3. The second-order valence-corrected chi connectivity index (χ2v) is 4.82. The van der Waals surface area contributed by atoms with Gasteiger partial charge in [0.2, 0.25) is 5.28 Å². The van der Waals surface area contributed by atoms with Crippen LogP contribution < -0.4 is 4.74 Å². The number of hydrogen-bond donors (Lipinski definition) is 0. The van der Waals surface area contributed by atoms with E-state index in [1.165, 1.54) is 24.3 Å². The minimum absolute atomic E-state index is 0.191. The average molecular weight is 304 g/mol. The van der Waals surface area contributed by atoms with E-state index in [1.807, 2.05) is 0 Å². The lowest BCUT2D eigenvalue weighted by Crippen LogP contribution is -2.17. The Hall–Kier alpha value is -1.76. The van der Waals surface area contributed by atoms with E-state index in [9.17, 15) is 13.2 Å². The van der Waals surface area contributed by atoms with Crippen molar-refractivity contribution < 1.29 is 17.9 Å². The first-order valence-corrected chi connectivity index (χ1v) is 6.29. The van der Waals surface area contributed by atoms with E-state index in [2.05, 4.69) is 14.9 Å². The lowest BCUT2D eigenvalue weighted by atomic mass is 10.3. The van der Waals surface area contributed by atoms with E-state index in [-0.39, 0.29) is 11.0 Å². The van der Waals surface area contributed by atoms with Crippen LogP contribution in [-0.4, -0.2) is 21.1 Å². The highest BCUT2D eigenvalue weighted by Crippen LogP contribution is 2.40. The SMILES string of the molecule is FC(F)(F)Oc1ccc(-n2c(Cl)nnc2C2CC2)cc1. The molecular weight excluding hydrogens is 295 g/mol. The van der Waals surface area contributed by atoms with Crippen molar-refractivity contribution in [3.8, 4) is 11.4 Å². The van der Waals surface area contributed by atoms with Crippen molar-refractivity contribution in [2.24, 2.45) is 0 Å². The van der Waals surface area contributed by atoms with Crippen LogP contribution in [0.3, 0.4) is 0 Å². The Labute approximate surface area is 117 Å². The predicted octanol–water partition coefficient (Wildman–Crippen LogP) is 3.70. The van der Waals surface area contributed by atoms with Gasteiger partial charge < -0.3 is 4.74 Å². The fourth-order valence-electron chi connectivity index (χ4n) is 1.92. The molecule has 1 saturated carbocycles. The van der Waals surface area contributed by atoms with Crippen molar-refractivity contribution in [2.45, 2.75) is 25.1 Å². The summed E-state index contributed by atoms with van der Waals surface area (Å²) in [7, 11) is 0. The molecule has 1 aliphatic rings. The average Bonchev–Trinajstić information content (AvgIpc) is 3.13. The van der Waals surface area contributed by atoms with E-state index < -0.39 is 6.36 Å². The number of alkyl halides is 3. The molecule has 1 heterocycles. The molecule has 0 amide bonds. The minimum Gasteiger partial charge on any atom is -0.406 e. The van der Waals surface area contributed by atoms with Crippen LogP contribution in [0.25, 0.3) is 5.69 Å². The summed E-state index contributed by atoms with van der Waals surface area (Å²) in [6, 6.07) is 5.44. The van der Waals surface area contributed by atoms with Crippen molar-refractivity contribution in [2.75, 3.05) is 0 Å². The van der Waals surface area contributed by atoms with Crippen molar-refractivity contribution >= 4 is 11.6 Å². The van der Waals surface area contributed by atoms with Gasteiger partial charge in [-0.3, -0.25) is 4.57 Å². The zero-order valence-corrected chi connectivity index (χ0v) is 10.8. The maximum Gasteiger partial charge on any atom is 0.573 e. The first kappa shape index (κ1) is 13.2. The van der Waals surface area contributed by atoms with Gasteiger partial charge in [0.1, 0.15) is 11.6 Å². The maximum absolute atomic E-state index is 12.1. The summed E-state index contributed by atoms with van der Waals surface area (Å²) in [5, 5.41) is 8.00. The largest absolute Gasteiger partial charge is 0.573 e. The number of benzene rings is 1. The fourth-order valence-corrected chi connectivity index (χ4v) is 2.14. The van der Waals surface area contributed by atoms with E-state index >= 15 is 0 Å². The van der Waals surface area contributed by atoms with Crippen molar-refractivity contribution in [1.29, 1.82) is 0 Å². The molecule has 0 saturated heterocycles. The van der Waals surface area contributed by atoms with Gasteiger partial charge in [-0.25, -0.2) is 0 Å². The summed E-state index contributed by atoms with van der Waals surface area (Å²) in [5.74, 6) is 0.777. The Bertz CT molecular complexity index is 620. The van der Waals surface area contributed by atoms with Crippen LogP contribution in [0.4, 0.5) is 13.2 Å². The molecule has 1 aromatic heterocycles. The number of ether oxygens (including phenoxy) is 1. The molecule has 106 valence electrons. The predicted molar refractivity (Wildman–Crippen MR) is 65.0 cm³/mol. The Balaban J connectivity index is 1.89. The topological polar surface area (TPSA) is 39.9 Å². The van der Waals surface area contributed by atoms with Crippen molar-refractivity contribution in [3.63, 3.8) is 0 Å². The Morgan fingerprint density at radius 2 is 1.80 bits per heavy atom. The van der Waals surface area contributed by atoms with Gasteiger partial charge in [0.15, 0.2) is 0 Å². The van der Waals surface area contributed by atoms with E-state index in [0.29, 0.717) is 11.6 Å². The summed E-state index contributed by atoms with van der Waals surface area (Å²) in [6.45, 7) is 0. The third-order valence-corrected chi connectivity index (χ3v) is 3.16. The fraction of sp³-hybridized carbons (Fsp3) is 0.333. The first-order chi connectivity index (χ1) is 9.44. The Morgan fingerprint density at radius 3 is 2.35 bits per heavy atom. The normalized spacial score (nSPS) is 15.4. The van der Waals surface area contributed by atoms with E-state index in [4.69, 9.17) is 11.6 Å². The van der Waals surface area contributed by atoms with Gasteiger partial charge in [-0.15, -0.1) is 23.4 Å². The number of aromatic nitrogens is 3. The van der Waals surface area contributed by atoms with Gasteiger partial charge in [0.25, 0.3) is 0 Å². The monoisotopic (exact) mass is 303 g/mol. The van der Waals surface area contributed by atoms with Crippen LogP contribution in [0.15, 0.2) is 24.3 Å². The molecule has 0 aliphatic heterocycles. The zero-order valence-electron chi connectivity index (χ0n) is 10.1. The minimum atomic E-state index is -4.70. The summed E-state index contributed by atoms with van der Waals surface area (Å²) >= 11 is 5.98. The summed E-state index contributed by atoms with van der Waals surface area (Å²) < 4.78 is 41.7. The number of halogens is 4. The second kappa shape index (κ2) is 4.66. The van der Waals surface area contributed by atoms with Gasteiger partial charge in [0.05, 0.1) is 5.69 Å². The first-order valence-electron chi connectivity index (χ1n) is 5.91. The van der Waals surface area contributed by atoms with Gasteiger partial charge in [0, 0.05) is 5.92 Å². The van der Waals surface area contributed by atoms with Gasteiger partial charge in [-0.1, -0.05) is 0 Å². The van der Waals surface area contributed by atoms with Crippen LogP contribution >= 0.6 is 11.6 Å². The van der Waals surface area contributed by atoms with Crippen molar-refractivity contribution in [1.82, 2.24) is 14.8 Å². The third-order valence-electron chi connectivity index (χ3n) is 2.92. The molecular formula is C12H9ClF3N3O. The van der Waals surface area contributed by atoms with E-state index in [1.54, 1.807) is 4.57 Å².